The Hall–Kier alpha value is -1.58. The van der Waals surface area contributed by atoms with Crippen LogP contribution in [-0.2, 0) is 4.79 Å². The average Bonchev–Trinajstić information content (AvgIpc) is 2.85. The van der Waals surface area contributed by atoms with Gasteiger partial charge in [-0.25, -0.2) is 4.79 Å². The molecule has 2 rings (SSSR count). The van der Waals surface area contributed by atoms with E-state index < -0.39 is 0 Å². The largest absolute Gasteiger partial charge is 0.325 e. The standard InChI is InChI=1S/C14H19N2O2/c1-10(2)11-6-5-7-12(13(11)17)15-14(18)16-8-3-4-9-16/h5-6,10-11H,3-4,8-9H2,1-2H3,(H,15,18). The lowest BCUT2D eigenvalue weighted by atomic mass is 9.87. The highest BCUT2D eigenvalue weighted by Crippen LogP contribution is 2.20. The lowest BCUT2D eigenvalue weighted by molar-refractivity contribution is -0.119. The van der Waals surface area contributed by atoms with Crippen molar-refractivity contribution in [2.45, 2.75) is 26.7 Å². The number of ketones is 1. The molecular weight excluding hydrogens is 228 g/mol. The van der Waals surface area contributed by atoms with E-state index in [4.69, 9.17) is 0 Å². The third-order valence-corrected chi connectivity index (χ3v) is 3.42. The first-order chi connectivity index (χ1) is 8.59. The van der Waals surface area contributed by atoms with Crippen LogP contribution in [0.15, 0.2) is 17.8 Å². The molecule has 1 radical (unpaired) electrons. The van der Waals surface area contributed by atoms with Gasteiger partial charge in [0.15, 0.2) is 5.78 Å². The molecule has 1 N–H and O–H groups in total. The number of allylic oxidation sites excluding steroid dienone is 4. The van der Waals surface area contributed by atoms with Gasteiger partial charge in [0, 0.05) is 25.1 Å². The van der Waals surface area contributed by atoms with Gasteiger partial charge in [0.1, 0.15) is 0 Å². The van der Waals surface area contributed by atoms with Crippen molar-refractivity contribution in [1.29, 1.82) is 0 Å². The van der Waals surface area contributed by atoms with Gasteiger partial charge in [-0.1, -0.05) is 26.0 Å². The van der Waals surface area contributed by atoms with Crippen LogP contribution in [-0.4, -0.2) is 29.8 Å². The highest BCUT2D eigenvalue weighted by atomic mass is 16.2. The van der Waals surface area contributed by atoms with E-state index in [1.54, 1.807) is 11.0 Å². The van der Waals surface area contributed by atoms with E-state index in [0.29, 0.717) is 5.70 Å². The maximum Gasteiger partial charge on any atom is 0.321 e. The van der Waals surface area contributed by atoms with Crippen LogP contribution in [0.3, 0.4) is 0 Å². The second-order valence-electron chi connectivity index (χ2n) is 5.14. The number of nitrogens with one attached hydrogen (secondary N) is 1. The van der Waals surface area contributed by atoms with Gasteiger partial charge in [-0.15, -0.1) is 0 Å². The van der Waals surface area contributed by atoms with Crippen molar-refractivity contribution in [2.24, 2.45) is 11.8 Å². The molecule has 1 saturated heterocycles. The molecule has 1 atom stereocenters. The third-order valence-electron chi connectivity index (χ3n) is 3.42. The van der Waals surface area contributed by atoms with E-state index in [0.717, 1.165) is 25.9 Å². The summed E-state index contributed by atoms with van der Waals surface area (Å²) in [6.45, 7) is 5.55. The van der Waals surface area contributed by atoms with Crippen LogP contribution < -0.4 is 5.32 Å². The number of nitrogens with zero attached hydrogens (tertiary/aromatic N) is 1. The van der Waals surface area contributed by atoms with Crippen molar-refractivity contribution in [3.05, 3.63) is 23.9 Å². The molecule has 2 aliphatic rings. The first kappa shape index (κ1) is 12.9. The number of carbonyl (C=O) groups excluding carboxylic acids is 2. The summed E-state index contributed by atoms with van der Waals surface area (Å²) in [5.41, 5.74) is 0.299. The maximum atomic E-state index is 12.1. The Balaban J connectivity index is 2.00. The quantitative estimate of drug-likeness (QED) is 0.810. The summed E-state index contributed by atoms with van der Waals surface area (Å²) in [6.07, 6.45) is 8.49. The zero-order chi connectivity index (χ0) is 13.1. The molecule has 0 aromatic carbocycles. The molecule has 18 heavy (non-hydrogen) atoms. The van der Waals surface area contributed by atoms with Gasteiger partial charge in [0.05, 0.1) is 5.70 Å². The molecule has 1 fully saturated rings. The molecule has 0 saturated carbocycles. The van der Waals surface area contributed by atoms with E-state index in [1.165, 1.54) is 0 Å². The summed E-state index contributed by atoms with van der Waals surface area (Å²) in [4.78, 5) is 25.8. The number of rotatable bonds is 2. The number of amides is 2. The topological polar surface area (TPSA) is 49.4 Å². The van der Waals surface area contributed by atoms with E-state index >= 15 is 0 Å². The molecule has 0 bridgehead atoms. The fourth-order valence-corrected chi connectivity index (χ4v) is 2.29. The second kappa shape index (κ2) is 5.38. The zero-order valence-electron chi connectivity index (χ0n) is 10.9. The number of carbonyl (C=O) groups is 2. The van der Waals surface area contributed by atoms with Gasteiger partial charge < -0.3 is 10.2 Å². The van der Waals surface area contributed by atoms with Crippen LogP contribution in [0.5, 0.6) is 0 Å². The Kier molecular flexibility index (Phi) is 3.84. The maximum absolute atomic E-state index is 12.1. The van der Waals surface area contributed by atoms with E-state index in [-0.39, 0.29) is 23.7 Å². The number of hydrogen-bond acceptors (Lipinski definition) is 2. The number of hydrogen-bond donors (Lipinski definition) is 1. The number of likely N-dealkylation sites (tertiary alicyclic amines) is 1. The molecule has 0 spiro atoms. The molecule has 1 aliphatic heterocycles. The fourth-order valence-electron chi connectivity index (χ4n) is 2.29. The lowest BCUT2D eigenvalue weighted by Crippen LogP contribution is -2.41. The highest BCUT2D eigenvalue weighted by molar-refractivity contribution is 6.01. The zero-order valence-corrected chi connectivity index (χ0v) is 10.9. The Bertz CT molecular complexity index is 404. The molecule has 4 nitrogen and oxygen atoms in total. The monoisotopic (exact) mass is 247 g/mol. The molecule has 97 valence electrons. The number of Topliss-reactive ketones (excluding diaryl/α,β-unsaturated/α-hetero) is 1. The molecule has 4 heteroatoms. The van der Waals surface area contributed by atoms with E-state index in [9.17, 15) is 9.59 Å². The highest BCUT2D eigenvalue weighted by Gasteiger charge is 2.27. The van der Waals surface area contributed by atoms with Crippen LogP contribution in [0.25, 0.3) is 0 Å². The summed E-state index contributed by atoms with van der Waals surface area (Å²) >= 11 is 0. The van der Waals surface area contributed by atoms with Crippen molar-refractivity contribution in [1.82, 2.24) is 10.2 Å². The minimum atomic E-state index is -0.179. The van der Waals surface area contributed by atoms with E-state index in [2.05, 4.69) is 11.4 Å². The van der Waals surface area contributed by atoms with Crippen molar-refractivity contribution in [3.63, 3.8) is 0 Å². The molecule has 1 heterocycles. The van der Waals surface area contributed by atoms with Gasteiger partial charge in [-0.3, -0.25) is 4.79 Å². The van der Waals surface area contributed by atoms with Crippen LogP contribution in [0.2, 0.25) is 0 Å². The summed E-state index contributed by atoms with van der Waals surface area (Å²) < 4.78 is 0. The average molecular weight is 247 g/mol. The Morgan fingerprint density at radius 1 is 1.44 bits per heavy atom. The smallest absolute Gasteiger partial charge is 0.321 e. The van der Waals surface area contributed by atoms with Crippen LogP contribution in [0, 0.1) is 17.9 Å². The fraction of sp³-hybridized carbons (Fsp3) is 0.571. The number of urea groups is 1. The Labute approximate surface area is 108 Å². The minimum absolute atomic E-state index is 0.0416. The van der Waals surface area contributed by atoms with Gasteiger partial charge in [0.25, 0.3) is 0 Å². The second-order valence-corrected chi connectivity index (χ2v) is 5.14. The Morgan fingerprint density at radius 3 is 2.72 bits per heavy atom. The molecule has 1 aliphatic carbocycles. The van der Waals surface area contributed by atoms with Gasteiger partial charge in [0.2, 0.25) is 0 Å². The van der Waals surface area contributed by atoms with Gasteiger partial charge in [-0.2, -0.15) is 0 Å². The van der Waals surface area contributed by atoms with Gasteiger partial charge >= 0.3 is 6.03 Å². The Morgan fingerprint density at radius 2 is 2.11 bits per heavy atom. The van der Waals surface area contributed by atoms with Crippen LogP contribution in [0.4, 0.5) is 4.79 Å². The molecule has 1 unspecified atom stereocenters. The minimum Gasteiger partial charge on any atom is -0.325 e. The molecular formula is C14H19N2O2. The molecule has 0 aromatic rings. The first-order valence-electron chi connectivity index (χ1n) is 6.50. The predicted molar refractivity (Wildman–Crippen MR) is 68.6 cm³/mol. The predicted octanol–water partition coefficient (Wildman–Crippen LogP) is 1.89. The molecule has 2 amide bonds. The van der Waals surface area contributed by atoms with Crippen LogP contribution >= 0.6 is 0 Å². The summed E-state index contributed by atoms with van der Waals surface area (Å²) in [5.74, 6) is 0.0368. The summed E-state index contributed by atoms with van der Waals surface area (Å²) in [7, 11) is 0. The molecule has 0 aromatic heterocycles. The van der Waals surface area contributed by atoms with E-state index in [1.807, 2.05) is 19.9 Å². The van der Waals surface area contributed by atoms with Crippen molar-refractivity contribution in [3.8, 4) is 0 Å². The summed E-state index contributed by atoms with van der Waals surface area (Å²) in [5, 5.41) is 2.69. The van der Waals surface area contributed by atoms with Crippen molar-refractivity contribution >= 4 is 11.8 Å². The SMILES string of the molecule is CC(C)C1C=C[C]=C(NC(=O)N2CCCC2)C1=O. The third kappa shape index (κ3) is 2.63. The first-order valence-corrected chi connectivity index (χ1v) is 6.50. The van der Waals surface area contributed by atoms with Crippen molar-refractivity contribution in [2.75, 3.05) is 13.1 Å². The van der Waals surface area contributed by atoms with Gasteiger partial charge in [-0.05, 0) is 18.8 Å². The lowest BCUT2D eigenvalue weighted by Gasteiger charge is -2.22. The summed E-state index contributed by atoms with van der Waals surface area (Å²) in [6, 6.07) is -0.179. The normalized spacial score (nSPS) is 23.5. The van der Waals surface area contributed by atoms with Crippen molar-refractivity contribution < 1.29 is 9.59 Å². The van der Waals surface area contributed by atoms with Crippen LogP contribution in [0.1, 0.15) is 26.7 Å².